The van der Waals surface area contributed by atoms with Crippen molar-refractivity contribution in [1.29, 1.82) is 0 Å². The molecule has 0 radical (unpaired) electrons. The molecule has 0 fully saturated rings. The van der Waals surface area contributed by atoms with Gasteiger partial charge in [-0.1, -0.05) is 6.07 Å². The first-order valence-corrected chi connectivity index (χ1v) is 6.87. The van der Waals surface area contributed by atoms with E-state index in [4.69, 9.17) is 10.2 Å². The zero-order valence-electron chi connectivity index (χ0n) is 10.9. The van der Waals surface area contributed by atoms with E-state index in [2.05, 4.69) is 5.32 Å². The number of anilines is 2. The molecule has 19 heavy (non-hydrogen) atoms. The Morgan fingerprint density at radius 3 is 2.79 bits per heavy atom. The van der Waals surface area contributed by atoms with Crippen LogP contribution in [0.1, 0.15) is 11.3 Å². The number of hydrogen-bond donors (Lipinski definition) is 2. The molecule has 0 saturated carbocycles. The van der Waals surface area contributed by atoms with Crippen LogP contribution in [0, 0.1) is 13.8 Å². The van der Waals surface area contributed by atoms with Crippen LogP contribution in [-0.4, -0.2) is 11.7 Å². The fraction of sp³-hybridized carbons (Fsp3) is 0.214. The average Bonchev–Trinajstić information content (AvgIpc) is 2.77. The van der Waals surface area contributed by atoms with E-state index in [-0.39, 0.29) is 5.91 Å². The van der Waals surface area contributed by atoms with Crippen LogP contribution in [0.5, 0.6) is 0 Å². The van der Waals surface area contributed by atoms with Gasteiger partial charge in [-0.05, 0) is 37.6 Å². The lowest BCUT2D eigenvalue weighted by Gasteiger charge is -2.07. The molecule has 4 nitrogen and oxygen atoms in total. The molecule has 0 aliphatic rings. The highest BCUT2D eigenvalue weighted by atomic mass is 32.2. The lowest BCUT2D eigenvalue weighted by molar-refractivity contribution is -0.113. The summed E-state index contributed by atoms with van der Waals surface area (Å²) in [5, 5.41) is 2.82. The van der Waals surface area contributed by atoms with Crippen LogP contribution < -0.4 is 11.1 Å². The topological polar surface area (TPSA) is 68.3 Å². The number of thioether (sulfide) groups is 1. The second kappa shape index (κ2) is 5.84. The summed E-state index contributed by atoms with van der Waals surface area (Å²) in [7, 11) is 0. The molecule has 0 unspecified atom stereocenters. The zero-order valence-corrected chi connectivity index (χ0v) is 11.7. The maximum absolute atomic E-state index is 11.8. The lowest BCUT2D eigenvalue weighted by Crippen LogP contribution is -2.14. The second-order valence-electron chi connectivity index (χ2n) is 4.25. The fourth-order valence-corrected chi connectivity index (χ4v) is 2.34. The van der Waals surface area contributed by atoms with E-state index in [0.29, 0.717) is 11.4 Å². The highest BCUT2D eigenvalue weighted by molar-refractivity contribution is 8.00. The van der Waals surface area contributed by atoms with Crippen molar-refractivity contribution >= 4 is 29.0 Å². The number of carbonyl (C=O) groups is 1. The molecule has 5 heteroatoms. The largest absolute Gasteiger partial charge is 0.468 e. The van der Waals surface area contributed by atoms with Gasteiger partial charge >= 0.3 is 0 Å². The Bertz CT molecular complexity index is 593. The van der Waals surface area contributed by atoms with E-state index in [1.54, 1.807) is 12.3 Å². The summed E-state index contributed by atoms with van der Waals surface area (Å²) in [4.78, 5) is 12.8. The Hall–Kier alpha value is -1.88. The number of hydrogen-bond acceptors (Lipinski definition) is 4. The van der Waals surface area contributed by atoms with E-state index in [0.717, 1.165) is 21.9 Å². The van der Waals surface area contributed by atoms with Crippen LogP contribution in [0.25, 0.3) is 0 Å². The molecule has 0 saturated heterocycles. The highest BCUT2D eigenvalue weighted by Crippen LogP contribution is 2.23. The molecule has 1 aromatic heterocycles. The van der Waals surface area contributed by atoms with Gasteiger partial charge in [0.25, 0.3) is 0 Å². The molecule has 1 aromatic carbocycles. The van der Waals surface area contributed by atoms with Crippen molar-refractivity contribution in [2.45, 2.75) is 18.7 Å². The Morgan fingerprint density at radius 1 is 1.37 bits per heavy atom. The molecule has 2 aromatic rings. The van der Waals surface area contributed by atoms with Crippen molar-refractivity contribution in [1.82, 2.24) is 0 Å². The molecular formula is C14H16N2O2S. The molecular weight excluding hydrogens is 260 g/mol. The van der Waals surface area contributed by atoms with Crippen LogP contribution in [0.4, 0.5) is 11.4 Å². The third-order valence-electron chi connectivity index (χ3n) is 2.73. The first-order valence-electron chi connectivity index (χ1n) is 5.89. The number of rotatable bonds is 4. The Morgan fingerprint density at radius 2 is 2.16 bits per heavy atom. The van der Waals surface area contributed by atoms with Gasteiger partial charge < -0.3 is 15.5 Å². The number of amides is 1. The van der Waals surface area contributed by atoms with Crippen molar-refractivity contribution in [3.05, 3.63) is 41.9 Å². The van der Waals surface area contributed by atoms with Gasteiger partial charge in [0, 0.05) is 16.3 Å². The molecule has 0 atom stereocenters. The summed E-state index contributed by atoms with van der Waals surface area (Å²) in [6.45, 7) is 3.80. The molecule has 0 bridgehead atoms. The van der Waals surface area contributed by atoms with Gasteiger partial charge in [0.15, 0.2) is 0 Å². The summed E-state index contributed by atoms with van der Waals surface area (Å²) in [6, 6.07) is 7.35. The van der Waals surface area contributed by atoms with Crippen molar-refractivity contribution < 1.29 is 9.21 Å². The first kappa shape index (κ1) is 13.5. The van der Waals surface area contributed by atoms with Gasteiger partial charge in [-0.2, -0.15) is 0 Å². The van der Waals surface area contributed by atoms with Gasteiger partial charge in [0.1, 0.15) is 5.76 Å². The number of aryl methyl sites for hydroxylation is 2. The Kier molecular flexibility index (Phi) is 4.16. The lowest BCUT2D eigenvalue weighted by atomic mass is 10.2. The van der Waals surface area contributed by atoms with Gasteiger partial charge in [0.2, 0.25) is 5.91 Å². The minimum Gasteiger partial charge on any atom is -0.468 e. The van der Waals surface area contributed by atoms with E-state index < -0.39 is 0 Å². The van der Waals surface area contributed by atoms with E-state index in [9.17, 15) is 4.79 Å². The fourth-order valence-electron chi connectivity index (χ4n) is 1.58. The van der Waals surface area contributed by atoms with Crippen LogP contribution >= 0.6 is 11.8 Å². The van der Waals surface area contributed by atoms with Crippen molar-refractivity contribution in [3.8, 4) is 0 Å². The summed E-state index contributed by atoms with van der Waals surface area (Å²) >= 11 is 1.45. The normalized spacial score (nSPS) is 10.4. The molecule has 1 amide bonds. The minimum atomic E-state index is -0.0612. The number of nitrogens with one attached hydrogen (secondary N) is 1. The summed E-state index contributed by atoms with van der Waals surface area (Å²) < 4.78 is 5.17. The van der Waals surface area contributed by atoms with Crippen LogP contribution in [0.15, 0.2) is 39.8 Å². The number of furan rings is 1. The maximum Gasteiger partial charge on any atom is 0.234 e. The van der Waals surface area contributed by atoms with Crippen LogP contribution in [-0.2, 0) is 4.79 Å². The van der Waals surface area contributed by atoms with Crippen molar-refractivity contribution in [3.63, 3.8) is 0 Å². The smallest absolute Gasteiger partial charge is 0.234 e. The van der Waals surface area contributed by atoms with Crippen LogP contribution in [0.2, 0.25) is 0 Å². The predicted octanol–water partition coefficient (Wildman–Crippen LogP) is 3.21. The Labute approximate surface area is 116 Å². The molecule has 2 rings (SSSR count). The van der Waals surface area contributed by atoms with Crippen LogP contribution in [0.3, 0.4) is 0 Å². The molecule has 100 valence electrons. The number of carbonyl (C=O) groups excluding carboxylic acids is 1. The molecule has 0 aliphatic heterocycles. The third kappa shape index (κ3) is 3.54. The van der Waals surface area contributed by atoms with Gasteiger partial charge in [-0.15, -0.1) is 11.8 Å². The molecule has 1 heterocycles. The number of benzene rings is 1. The monoisotopic (exact) mass is 276 g/mol. The Balaban J connectivity index is 1.91. The van der Waals surface area contributed by atoms with Crippen molar-refractivity contribution in [2.75, 3.05) is 16.8 Å². The second-order valence-corrected chi connectivity index (χ2v) is 5.27. The molecule has 3 N–H and O–H groups in total. The standard InChI is InChI=1S/C14H16N2O2S/c1-9-3-4-11(7-12(9)15)16-14(17)8-19-13-5-6-18-10(13)2/h3-7H,8,15H2,1-2H3,(H,16,17). The maximum atomic E-state index is 11.8. The SMILES string of the molecule is Cc1ccc(NC(=O)CSc2ccoc2C)cc1N. The summed E-state index contributed by atoms with van der Waals surface area (Å²) in [6.07, 6.45) is 1.62. The quantitative estimate of drug-likeness (QED) is 0.664. The predicted molar refractivity (Wildman–Crippen MR) is 78.4 cm³/mol. The number of nitrogen functional groups attached to an aromatic ring is 1. The van der Waals surface area contributed by atoms with Gasteiger partial charge in [-0.3, -0.25) is 4.79 Å². The number of nitrogens with two attached hydrogens (primary N) is 1. The average molecular weight is 276 g/mol. The third-order valence-corrected chi connectivity index (χ3v) is 3.87. The summed E-state index contributed by atoms with van der Waals surface area (Å²) in [5.74, 6) is 1.11. The van der Waals surface area contributed by atoms with E-state index in [1.165, 1.54) is 11.8 Å². The highest BCUT2D eigenvalue weighted by Gasteiger charge is 2.07. The first-order chi connectivity index (χ1) is 9.06. The molecule has 0 spiro atoms. The zero-order chi connectivity index (χ0) is 13.8. The van der Waals surface area contributed by atoms with Crippen molar-refractivity contribution in [2.24, 2.45) is 0 Å². The molecule has 0 aliphatic carbocycles. The summed E-state index contributed by atoms with van der Waals surface area (Å²) in [5.41, 5.74) is 8.20. The van der Waals surface area contributed by atoms with E-state index >= 15 is 0 Å². The van der Waals surface area contributed by atoms with Gasteiger partial charge in [-0.25, -0.2) is 0 Å². The van der Waals surface area contributed by atoms with Gasteiger partial charge in [0.05, 0.1) is 12.0 Å². The van der Waals surface area contributed by atoms with E-state index in [1.807, 2.05) is 32.0 Å². The minimum absolute atomic E-state index is 0.0612.